The minimum Gasteiger partial charge on any atom is -0.357 e. The second-order valence-electron chi connectivity index (χ2n) is 6.64. The molecule has 4 nitrogen and oxygen atoms in total. The van der Waals surface area contributed by atoms with Gasteiger partial charge in [0.1, 0.15) is 0 Å². The zero-order valence-electron chi connectivity index (χ0n) is 15.4. The molecule has 0 bridgehead atoms. The smallest absolute Gasteiger partial charge is 0.357 e. The van der Waals surface area contributed by atoms with Gasteiger partial charge in [-0.05, 0) is 6.42 Å². The summed E-state index contributed by atoms with van der Waals surface area (Å²) in [5.74, 6) is 4.73. The van der Waals surface area contributed by atoms with Crippen molar-refractivity contribution in [3.63, 3.8) is 0 Å². The highest BCUT2D eigenvalue weighted by Crippen LogP contribution is 2.13. The molecule has 23 heavy (non-hydrogen) atoms. The largest absolute Gasteiger partial charge is 0.425 e. The summed E-state index contributed by atoms with van der Waals surface area (Å²) in [5, 5.41) is 2.60. The Bertz CT molecular complexity index is 248. The van der Waals surface area contributed by atoms with E-state index in [4.69, 9.17) is 5.90 Å². The molecule has 0 fully saturated rings. The predicted molar refractivity (Wildman–Crippen MR) is 98.2 cm³/mol. The molecule has 4 heteroatoms. The van der Waals surface area contributed by atoms with Gasteiger partial charge < -0.3 is 10.2 Å². The Morgan fingerprint density at radius 3 is 1.39 bits per heavy atom. The maximum atomic E-state index is 10.7. The second-order valence-corrected chi connectivity index (χ2v) is 6.64. The van der Waals surface area contributed by atoms with E-state index >= 15 is 0 Å². The van der Waals surface area contributed by atoms with Crippen LogP contribution in [-0.2, 0) is 4.84 Å². The molecular formula is C19H40N2O2. The summed E-state index contributed by atoms with van der Waals surface area (Å²) in [4.78, 5) is 14.7. The molecule has 0 unspecified atom stereocenters. The molecule has 0 atom stereocenters. The van der Waals surface area contributed by atoms with Gasteiger partial charge in [-0.1, -0.05) is 103 Å². The van der Waals surface area contributed by atoms with Crippen LogP contribution in [0.1, 0.15) is 110 Å². The lowest BCUT2D eigenvalue weighted by atomic mass is 10.0. The van der Waals surface area contributed by atoms with Crippen molar-refractivity contribution in [2.24, 2.45) is 5.90 Å². The van der Waals surface area contributed by atoms with Crippen molar-refractivity contribution in [1.82, 2.24) is 5.32 Å². The minimum atomic E-state index is -0.536. The molecule has 0 aromatic heterocycles. The van der Waals surface area contributed by atoms with Gasteiger partial charge in [-0.25, -0.2) is 4.79 Å². The SMILES string of the molecule is CCCCCCCCCCCCCCCCCCNC(=O)ON. The van der Waals surface area contributed by atoms with E-state index in [0.29, 0.717) is 6.54 Å². The average molecular weight is 329 g/mol. The van der Waals surface area contributed by atoms with Crippen LogP contribution in [0, 0.1) is 0 Å². The van der Waals surface area contributed by atoms with Gasteiger partial charge in [0.15, 0.2) is 0 Å². The van der Waals surface area contributed by atoms with Crippen molar-refractivity contribution in [3.05, 3.63) is 0 Å². The fourth-order valence-electron chi connectivity index (χ4n) is 2.91. The zero-order chi connectivity index (χ0) is 17.0. The number of rotatable bonds is 17. The van der Waals surface area contributed by atoms with Crippen LogP contribution in [0.2, 0.25) is 0 Å². The molecule has 0 rings (SSSR count). The molecule has 0 aliphatic carbocycles. The quantitative estimate of drug-likeness (QED) is 0.260. The number of hydrogen-bond acceptors (Lipinski definition) is 3. The van der Waals surface area contributed by atoms with E-state index in [1.54, 1.807) is 0 Å². The lowest BCUT2D eigenvalue weighted by Crippen LogP contribution is -2.27. The van der Waals surface area contributed by atoms with Crippen LogP contribution in [0.25, 0.3) is 0 Å². The van der Waals surface area contributed by atoms with Gasteiger partial charge in [0.05, 0.1) is 0 Å². The summed E-state index contributed by atoms with van der Waals surface area (Å²) in [6.45, 7) is 2.94. The number of amides is 1. The standard InChI is InChI=1S/C19H40N2O2/c1-2-3-4-5-6-7-8-9-10-11-12-13-14-15-16-17-18-21-19(22)23-20/h2-18,20H2,1H3,(H,21,22). The number of nitrogens with one attached hydrogen (secondary N) is 1. The summed E-state index contributed by atoms with van der Waals surface area (Å²) in [6.07, 6.45) is 21.2. The first-order valence-electron chi connectivity index (χ1n) is 9.95. The molecule has 0 aliphatic heterocycles. The van der Waals surface area contributed by atoms with E-state index in [9.17, 15) is 4.79 Å². The molecule has 1 amide bonds. The van der Waals surface area contributed by atoms with Crippen LogP contribution >= 0.6 is 0 Å². The van der Waals surface area contributed by atoms with E-state index in [-0.39, 0.29) is 0 Å². The van der Waals surface area contributed by atoms with Crippen LogP contribution in [0.15, 0.2) is 0 Å². The average Bonchev–Trinajstić information content (AvgIpc) is 2.57. The molecule has 0 heterocycles. The number of carbonyl (C=O) groups is 1. The molecule has 0 aliphatic rings. The van der Waals surface area contributed by atoms with Gasteiger partial charge in [-0.2, -0.15) is 5.90 Å². The summed E-state index contributed by atoms with van der Waals surface area (Å²) in [5.41, 5.74) is 0. The number of unbranched alkanes of at least 4 members (excludes halogenated alkanes) is 15. The molecule has 0 aromatic rings. The van der Waals surface area contributed by atoms with E-state index in [0.717, 1.165) is 6.42 Å². The van der Waals surface area contributed by atoms with Gasteiger partial charge in [0, 0.05) is 6.54 Å². The van der Waals surface area contributed by atoms with Crippen molar-refractivity contribution in [3.8, 4) is 0 Å². The summed E-state index contributed by atoms with van der Waals surface area (Å²) in [6, 6.07) is 0. The Morgan fingerprint density at radius 1 is 0.696 bits per heavy atom. The highest BCUT2D eigenvalue weighted by atomic mass is 16.7. The highest BCUT2D eigenvalue weighted by molar-refractivity contribution is 5.66. The molecule has 138 valence electrons. The van der Waals surface area contributed by atoms with Crippen LogP contribution in [0.4, 0.5) is 4.79 Å². The van der Waals surface area contributed by atoms with Gasteiger partial charge in [-0.3, -0.25) is 0 Å². The van der Waals surface area contributed by atoms with E-state index in [1.165, 1.54) is 96.3 Å². The van der Waals surface area contributed by atoms with Crippen molar-refractivity contribution < 1.29 is 9.63 Å². The summed E-state index contributed by atoms with van der Waals surface area (Å²) >= 11 is 0. The Morgan fingerprint density at radius 2 is 1.04 bits per heavy atom. The third kappa shape index (κ3) is 19.2. The molecule has 0 saturated heterocycles. The van der Waals surface area contributed by atoms with Crippen LogP contribution in [0.5, 0.6) is 0 Å². The van der Waals surface area contributed by atoms with Crippen LogP contribution in [0.3, 0.4) is 0 Å². The number of hydrogen-bond donors (Lipinski definition) is 2. The summed E-state index contributed by atoms with van der Waals surface area (Å²) in [7, 11) is 0. The van der Waals surface area contributed by atoms with E-state index in [2.05, 4.69) is 17.1 Å². The van der Waals surface area contributed by atoms with Crippen LogP contribution < -0.4 is 11.2 Å². The molecular weight excluding hydrogens is 288 g/mol. The normalized spacial score (nSPS) is 10.7. The van der Waals surface area contributed by atoms with E-state index < -0.39 is 6.09 Å². The molecule has 3 N–H and O–H groups in total. The molecule has 0 saturated carbocycles. The maximum Gasteiger partial charge on any atom is 0.425 e. The van der Waals surface area contributed by atoms with Crippen molar-refractivity contribution in [1.29, 1.82) is 0 Å². The number of nitrogens with two attached hydrogens (primary N) is 1. The fraction of sp³-hybridized carbons (Fsp3) is 0.947. The topological polar surface area (TPSA) is 64.3 Å². The lowest BCUT2D eigenvalue weighted by molar-refractivity contribution is 0.147. The lowest BCUT2D eigenvalue weighted by Gasteiger charge is -2.04. The van der Waals surface area contributed by atoms with Gasteiger partial charge >= 0.3 is 6.09 Å². The molecule has 0 spiro atoms. The second kappa shape index (κ2) is 19.3. The van der Waals surface area contributed by atoms with Crippen LogP contribution in [-0.4, -0.2) is 12.6 Å². The first-order chi connectivity index (χ1) is 11.3. The van der Waals surface area contributed by atoms with Gasteiger partial charge in [0.2, 0.25) is 0 Å². The molecule has 0 aromatic carbocycles. The predicted octanol–water partition coefficient (Wildman–Crippen LogP) is 5.85. The third-order valence-electron chi connectivity index (χ3n) is 4.41. The van der Waals surface area contributed by atoms with Crippen molar-refractivity contribution in [2.45, 2.75) is 110 Å². The molecule has 0 radical (unpaired) electrons. The maximum absolute atomic E-state index is 10.7. The first-order valence-corrected chi connectivity index (χ1v) is 9.95. The summed E-state index contributed by atoms with van der Waals surface area (Å²) < 4.78 is 0. The first kappa shape index (κ1) is 22.2. The third-order valence-corrected chi connectivity index (χ3v) is 4.41. The van der Waals surface area contributed by atoms with Gasteiger partial charge in [-0.15, -0.1) is 0 Å². The zero-order valence-corrected chi connectivity index (χ0v) is 15.4. The minimum absolute atomic E-state index is 0.536. The highest BCUT2D eigenvalue weighted by Gasteiger charge is 1.97. The fourth-order valence-corrected chi connectivity index (χ4v) is 2.91. The Balaban J connectivity index is 2.99. The number of carbonyl (C=O) groups excluding carboxylic acids is 1. The Labute approximate surface area is 143 Å². The Hall–Kier alpha value is -0.770. The van der Waals surface area contributed by atoms with Crippen molar-refractivity contribution >= 4 is 6.09 Å². The van der Waals surface area contributed by atoms with Gasteiger partial charge in [0.25, 0.3) is 0 Å². The monoisotopic (exact) mass is 328 g/mol. The van der Waals surface area contributed by atoms with E-state index in [1.807, 2.05) is 0 Å². The van der Waals surface area contributed by atoms with Crippen molar-refractivity contribution in [2.75, 3.05) is 6.54 Å². The Kier molecular flexibility index (Phi) is 18.6.